The summed E-state index contributed by atoms with van der Waals surface area (Å²) in [7, 11) is 0. The van der Waals surface area contributed by atoms with Gasteiger partial charge in [-0.3, -0.25) is 10.1 Å². The van der Waals surface area contributed by atoms with E-state index in [9.17, 15) is 9.59 Å². The van der Waals surface area contributed by atoms with Crippen molar-refractivity contribution in [2.24, 2.45) is 0 Å². The molecule has 9 heteroatoms. The smallest absolute Gasteiger partial charge is 0.413 e. The van der Waals surface area contributed by atoms with E-state index in [1.807, 2.05) is 31.2 Å². The predicted molar refractivity (Wildman–Crippen MR) is 90.3 cm³/mol. The van der Waals surface area contributed by atoms with Crippen LogP contribution in [-0.4, -0.2) is 34.6 Å². The Morgan fingerprint density at radius 1 is 1.35 bits per heavy atom. The van der Waals surface area contributed by atoms with Crippen molar-refractivity contribution in [1.29, 1.82) is 0 Å². The van der Waals surface area contributed by atoms with Crippen LogP contribution >= 0.6 is 23.1 Å². The lowest BCUT2D eigenvalue weighted by molar-refractivity contribution is -0.117. The minimum absolute atomic E-state index is 0.0674. The summed E-state index contributed by atoms with van der Waals surface area (Å²) in [5.74, 6) is -0.366. The average molecular weight is 352 g/mol. The second-order valence-electron chi connectivity index (χ2n) is 4.42. The number of carbonyl (C=O) groups excluding carboxylic acids is 2. The normalized spacial score (nSPS) is 10.2. The highest BCUT2D eigenvalue weighted by Crippen LogP contribution is 2.27. The maximum Gasteiger partial charge on any atom is 0.413 e. The van der Waals surface area contributed by atoms with Crippen LogP contribution in [0.2, 0.25) is 0 Å². The molecule has 0 spiro atoms. The number of alkyl carbamates (subject to hydrolysis) is 1. The molecule has 1 aromatic heterocycles. The lowest BCUT2D eigenvalue weighted by atomic mass is 10.2. The summed E-state index contributed by atoms with van der Waals surface area (Å²) in [6.07, 6.45) is -0.739. The number of rotatable bonds is 6. The van der Waals surface area contributed by atoms with Crippen molar-refractivity contribution in [3.63, 3.8) is 0 Å². The van der Waals surface area contributed by atoms with Gasteiger partial charge in [0.15, 0.2) is 4.34 Å². The fourth-order valence-corrected chi connectivity index (χ4v) is 3.18. The SMILES string of the molecule is CCOC(=O)NC(=O)CSc1nnc(Nc2cccc(C)c2)s1. The first-order valence-corrected chi connectivity index (χ1v) is 8.63. The van der Waals surface area contributed by atoms with Gasteiger partial charge in [-0.25, -0.2) is 4.79 Å². The molecular formula is C14H16N4O3S2. The fourth-order valence-electron chi connectivity index (χ4n) is 1.61. The summed E-state index contributed by atoms with van der Waals surface area (Å²) in [5, 5.41) is 13.9. The standard InChI is InChI=1S/C14H16N4O3S2/c1-3-21-13(20)16-11(19)8-22-14-18-17-12(23-14)15-10-6-4-5-9(2)7-10/h4-7H,3,8H2,1-2H3,(H,15,17)(H,16,19,20). The van der Waals surface area contributed by atoms with Gasteiger partial charge in [-0.2, -0.15) is 0 Å². The van der Waals surface area contributed by atoms with Crippen LogP contribution in [0.1, 0.15) is 12.5 Å². The number of carbonyl (C=O) groups is 2. The summed E-state index contributed by atoms with van der Waals surface area (Å²) in [5.41, 5.74) is 2.07. The molecule has 0 atom stereocenters. The van der Waals surface area contributed by atoms with Crippen molar-refractivity contribution in [1.82, 2.24) is 15.5 Å². The maximum atomic E-state index is 11.5. The molecule has 122 valence electrons. The number of anilines is 2. The van der Waals surface area contributed by atoms with Crippen molar-refractivity contribution in [2.75, 3.05) is 17.7 Å². The number of benzene rings is 1. The first-order valence-electron chi connectivity index (χ1n) is 6.83. The molecule has 0 aliphatic carbocycles. The molecule has 23 heavy (non-hydrogen) atoms. The van der Waals surface area contributed by atoms with E-state index in [1.54, 1.807) is 6.92 Å². The first-order chi connectivity index (χ1) is 11.1. The maximum absolute atomic E-state index is 11.5. The highest BCUT2D eigenvalue weighted by molar-refractivity contribution is 8.01. The molecule has 0 unspecified atom stereocenters. The summed E-state index contributed by atoms with van der Waals surface area (Å²) in [6, 6.07) is 7.90. The van der Waals surface area contributed by atoms with Crippen molar-refractivity contribution >= 4 is 45.9 Å². The van der Waals surface area contributed by atoms with Gasteiger partial charge in [-0.1, -0.05) is 35.2 Å². The molecule has 0 fully saturated rings. The fraction of sp³-hybridized carbons (Fsp3) is 0.286. The van der Waals surface area contributed by atoms with E-state index in [2.05, 4.69) is 25.6 Å². The number of aryl methyl sites for hydroxylation is 1. The minimum Gasteiger partial charge on any atom is -0.450 e. The van der Waals surface area contributed by atoms with Gasteiger partial charge >= 0.3 is 6.09 Å². The van der Waals surface area contributed by atoms with Crippen LogP contribution in [0, 0.1) is 6.92 Å². The van der Waals surface area contributed by atoms with Gasteiger partial charge in [0.1, 0.15) is 0 Å². The molecule has 0 saturated heterocycles. The molecule has 1 aromatic carbocycles. The van der Waals surface area contributed by atoms with E-state index >= 15 is 0 Å². The Kier molecular flexibility index (Phi) is 6.36. The van der Waals surface area contributed by atoms with E-state index in [1.165, 1.54) is 23.1 Å². The number of ether oxygens (including phenoxy) is 1. The number of imide groups is 1. The number of thioether (sulfide) groups is 1. The lowest BCUT2D eigenvalue weighted by Crippen LogP contribution is -2.32. The number of nitrogens with zero attached hydrogens (tertiary/aromatic N) is 2. The Bertz CT molecular complexity index is 690. The van der Waals surface area contributed by atoms with Crippen molar-refractivity contribution in [2.45, 2.75) is 18.2 Å². The third kappa shape index (κ3) is 5.87. The van der Waals surface area contributed by atoms with E-state index in [4.69, 9.17) is 0 Å². The van der Waals surface area contributed by atoms with Crippen LogP contribution in [0.25, 0.3) is 0 Å². The van der Waals surface area contributed by atoms with Gasteiger partial charge < -0.3 is 10.1 Å². The molecule has 0 saturated carbocycles. The molecule has 7 nitrogen and oxygen atoms in total. The zero-order valence-electron chi connectivity index (χ0n) is 12.7. The van der Waals surface area contributed by atoms with E-state index < -0.39 is 12.0 Å². The number of amides is 2. The Morgan fingerprint density at radius 3 is 2.91 bits per heavy atom. The number of nitrogens with one attached hydrogen (secondary N) is 2. The van der Waals surface area contributed by atoms with Crippen molar-refractivity contribution in [3.05, 3.63) is 29.8 Å². The molecular weight excluding hydrogens is 336 g/mol. The number of aromatic nitrogens is 2. The summed E-state index contributed by atoms with van der Waals surface area (Å²) in [4.78, 5) is 22.6. The van der Waals surface area contributed by atoms with Gasteiger partial charge in [0, 0.05) is 5.69 Å². The van der Waals surface area contributed by atoms with Gasteiger partial charge in [-0.05, 0) is 31.5 Å². The van der Waals surface area contributed by atoms with E-state index in [-0.39, 0.29) is 12.4 Å². The first kappa shape index (κ1) is 17.2. The summed E-state index contributed by atoms with van der Waals surface area (Å²) >= 11 is 2.55. The van der Waals surface area contributed by atoms with Gasteiger partial charge in [-0.15, -0.1) is 10.2 Å². The molecule has 2 amide bonds. The van der Waals surface area contributed by atoms with Gasteiger partial charge in [0.2, 0.25) is 11.0 Å². The largest absolute Gasteiger partial charge is 0.450 e. The zero-order valence-corrected chi connectivity index (χ0v) is 14.3. The predicted octanol–water partition coefficient (Wildman–Crippen LogP) is 2.95. The topological polar surface area (TPSA) is 93.2 Å². The highest BCUT2D eigenvalue weighted by Gasteiger charge is 2.11. The second kappa shape index (κ2) is 8.49. The van der Waals surface area contributed by atoms with Crippen LogP contribution in [0.4, 0.5) is 15.6 Å². The Hall–Kier alpha value is -2.13. The molecule has 0 bridgehead atoms. The molecule has 1 heterocycles. The third-order valence-corrected chi connectivity index (χ3v) is 4.49. The van der Waals surface area contributed by atoms with Crippen molar-refractivity contribution < 1.29 is 14.3 Å². The monoisotopic (exact) mass is 352 g/mol. The van der Waals surface area contributed by atoms with Crippen LogP contribution in [0.5, 0.6) is 0 Å². The number of hydrogen-bond acceptors (Lipinski definition) is 8. The van der Waals surface area contributed by atoms with Gasteiger partial charge in [0.25, 0.3) is 0 Å². The van der Waals surface area contributed by atoms with Crippen LogP contribution in [-0.2, 0) is 9.53 Å². The van der Waals surface area contributed by atoms with Crippen LogP contribution in [0.3, 0.4) is 0 Å². The highest BCUT2D eigenvalue weighted by atomic mass is 32.2. The third-order valence-electron chi connectivity index (χ3n) is 2.52. The molecule has 2 aromatic rings. The Balaban J connectivity index is 1.83. The van der Waals surface area contributed by atoms with E-state index in [0.717, 1.165) is 11.3 Å². The van der Waals surface area contributed by atoms with Gasteiger partial charge in [0.05, 0.1) is 12.4 Å². The molecule has 0 aliphatic rings. The van der Waals surface area contributed by atoms with Crippen LogP contribution < -0.4 is 10.6 Å². The summed E-state index contributed by atoms with van der Waals surface area (Å²) < 4.78 is 5.27. The lowest BCUT2D eigenvalue weighted by Gasteiger charge is -2.02. The van der Waals surface area contributed by atoms with E-state index in [0.29, 0.717) is 9.47 Å². The Morgan fingerprint density at radius 2 is 2.17 bits per heavy atom. The Labute approximate surface area is 141 Å². The minimum atomic E-state index is -0.739. The molecule has 0 aliphatic heterocycles. The average Bonchev–Trinajstić information content (AvgIpc) is 2.93. The molecule has 2 N–H and O–H groups in total. The quantitative estimate of drug-likeness (QED) is 0.772. The zero-order chi connectivity index (χ0) is 16.7. The van der Waals surface area contributed by atoms with Crippen LogP contribution in [0.15, 0.2) is 28.6 Å². The second-order valence-corrected chi connectivity index (χ2v) is 6.62. The molecule has 0 radical (unpaired) electrons. The molecule has 2 rings (SSSR count). The van der Waals surface area contributed by atoms with Crippen molar-refractivity contribution in [3.8, 4) is 0 Å². The number of hydrogen-bond donors (Lipinski definition) is 2. The summed E-state index contributed by atoms with van der Waals surface area (Å²) in [6.45, 7) is 3.90.